The Bertz CT molecular complexity index is 888. The van der Waals surface area contributed by atoms with Crippen molar-refractivity contribution in [2.75, 3.05) is 11.9 Å². The maximum absolute atomic E-state index is 12.1. The van der Waals surface area contributed by atoms with E-state index < -0.39 is 5.91 Å². The molecule has 0 spiro atoms. The van der Waals surface area contributed by atoms with Crippen LogP contribution in [0, 0.1) is 0 Å². The summed E-state index contributed by atoms with van der Waals surface area (Å²) in [6, 6.07) is 14.0. The molecular formula is C17H13Cl2N3O2. The summed E-state index contributed by atoms with van der Waals surface area (Å²) in [4.78, 5) is 27.1. The number of para-hydroxylation sites is 1. The van der Waals surface area contributed by atoms with Gasteiger partial charge in [-0.3, -0.25) is 9.59 Å². The molecular weight excluding hydrogens is 349 g/mol. The highest BCUT2D eigenvalue weighted by atomic mass is 35.5. The number of hydrogen-bond donors (Lipinski definition) is 3. The summed E-state index contributed by atoms with van der Waals surface area (Å²) >= 11 is 11.8. The maximum Gasteiger partial charge on any atom is 0.268 e. The third-order valence-corrected chi connectivity index (χ3v) is 3.95. The van der Waals surface area contributed by atoms with Gasteiger partial charge < -0.3 is 15.6 Å². The number of halogens is 2. The number of H-pyrrole nitrogens is 1. The molecule has 3 rings (SSSR count). The molecule has 2 aromatic carbocycles. The van der Waals surface area contributed by atoms with Gasteiger partial charge in [-0.2, -0.15) is 0 Å². The Morgan fingerprint density at radius 3 is 2.62 bits per heavy atom. The van der Waals surface area contributed by atoms with E-state index in [9.17, 15) is 9.59 Å². The second-order valence-electron chi connectivity index (χ2n) is 5.13. The Hall–Kier alpha value is -2.50. The van der Waals surface area contributed by atoms with Crippen molar-refractivity contribution < 1.29 is 9.59 Å². The molecule has 7 heteroatoms. The lowest BCUT2D eigenvalue weighted by atomic mass is 10.2. The molecule has 0 unspecified atom stereocenters. The van der Waals surface area contributed by atoms with Gasteiger partial charge >= 0.3 is 0 Å². The van der Waals surface area contributed by atoms with Crippen molar-refractivity contribution >= 4 is 51.6 Å². The Morgan fingerprint density at radius 1 is 1.04 bits per heavy atom. The van der Waals surface area contributed by atoms with Gasteiger partial charge in [0.1, 0.15) is 5.69 Å². The second-order valence-corrected chi connectivity index (χ2v) is 5.97. The van der Waals surface area contributed by atoms with Crippen molar-refractivity contribution in [3.05, 3.63) is 64.3 Å². The zero-order valence-electron chi connectivity index (χ0n) is 12.4. The number of carbonyl (C=O) groups excluding carboxylic acids is 2. The highest BCUT2D eigenvalue weighted by Gasteiger charge is 2.12. The van der Waals surface area contributed by atoms with E-state index >= 15 is 0 Å². The van der Waals surface area contributed by atoms with E-state index in [0.717, 1.165) is 10.9 Å². The number of benzene rings is 2. The molecule has 0 aliphatic heterocycles. The predicted molar refractivity (Wildman–Crippen MR) is 95.7 cm³/mol. The van der Waals surface area contributed by atoms with Gasteiger partial charge in [-0.05, 0) is 30.3 Å². The molecule has 0 bridgehead atoms. The van der Waals surface area contributed by atoms with E-state index in [1.165, 1.54) is 0 Å². The van der Waals surface area contributed by atoms with Crippen molar-refractivity contribution in [1.82, 2.24) is 10.3 Å². The van der Waals surface area contributed by atoms with Crippen molar-refractivity contribution in [2.24, 2.45) is 0 Å². The molecule has 3 N–H and O–H groups in total. The summed E-state index contributed by atoms with van der Waals surface area (Å²) in [7, 11) is 0. The number of amides is 2. The summed E-state index contributed by atoms with van der Waals surface area (Å²) < 4.78 is 0. The van der Waals surface area contributed by atoms with E-state index in [1.807, 2.05) is 24.3 Å². The normalized spacial score (nSPS) is 10.6. The number of hydrogen-bond acceptors (Lipinski definition) is 2. The van der Waals surface area contributed by atoms with Crippen LogP contribution < -0.4 is 10.6 Å². The number of carbonyl (C=O) groups is 2. The quantitative estimate of drug-likeness (QED) is 0.660. The van der Waals surface area contributed by atoms with Gasteiger partial charge in [-0.1, -0.05) is 41.4 Å². The molecule has 0 atom stereocenters. The first-order valence-corrected chi connectivity index (χ1v) is 7.89. The predicted octanol–water partition coefficient (Wildman–Crippen LogP) is 3.84. The number of nitrogens with one attached hydrogen (secondary N) is 3. The van der Waals surface area contributed by atoms with E-state index in [2.05, 4.69) is 15.6 Å². The number of rotatable bonds is 4. The summed E-state index contributed by atoms with van der Waals surface area (Å²) in [6.07, 6.45) is 0. The van der Waals surface area contributed by atoms with E-state index in [-0.39, 0.29) is 12.5 Å². The van der Waals surface area contributed by atoms with Crippen LogP contribution in [-0.4, -0.2) is 23.3 Å². The summed E-state index contributed by atoms with van der Waals surface area (Å²) in [5, 5.41) is 6.91. The standard InChI is InChI=1S/C17H13Cl2N3O2/c18-11-5-6-12(19)14(8-11)22-16(23)9-20-17(24)15-7-10-3-1-2-4-13(10)21-15/h1-8,21H,9H2,(H,20,24)(H,22,23). The number of aromatic nitrogens is 1. The van der Waals surface area contributed by atoms with Crippen LogP contribution in [0.15, 0.2) is 48.5 Å². The molecule has 1 aromatic heterocycles. The summed E-state index contributed by atoms with van der Waals surface area (Å²) in [5.41, 5.74) is 1.65. The van der Waals surface area contributed by atoms with Crippen LogP contribution in [-0.2, 0) is 4.79 Å². The number of aromatic amines is 1. The smallest absolute Gasteiger partial charge is 0.268 e. The van der Waals surface area contributed by atoms with Gasteiger partial charge in [-0.15, -0.1) is 0 Å². The molecule has 1 heterocycles. The largest absolute Gasteiger partial charge is 0.351 e. The third kappa shape index (κ3) is 3.69. The SMILES string of the molecule is O=C(CNC(=O)c1cc2ccccc2[nH]1)Nc1cc(Cl)ccc1Cl. The minimum Gasteiger partial charge on any atom is -0.351 e. The fourth-order valence-electron chi connectivity index (χ4n) is 2.24. The second kappa shape index (κ2) is 6.95. The first-order valence-electron chi connectivity index (χ1n) is 7.14. The Balaban J connectivity index is 1.61. The lowest BCUT2D eigenvalue weighted by Crippen LogP contribution is -2.33. The van der Waals surface area contributed by atoms with Crippen molar-refractivity contribution in [1.29, 1.82) is 0 Å². The molecule has 122 valence electrons. The first-order chi connectivity index (χ1) is 11.5. The average Bonchev–Trinajstić information content (AvgIpc) is 3.00. The molecule has 0 aliphatic rings. The van der Waals surface area contributed by atoms with Crippen LogP contribution in [0.5, 0.6) is 0 Å². The Kier molecular flexibility index (Phi) is 4.74. The van der Waals surface area contributed by atoms with Crippen LogP contribution in [0.3, 0.4) is 0 Å². The van der Waals surface area contributed by atoms with Gasteiger partial charge in [0.05, 0.1) is 17.3 Å². The molecule has 2 amide bonds. The van der Waals surface area contributed by atoms with Crippen molar-refractivity contribution in [2.45, 2.75) is 0 Å². The van der Waals surface area contributed by atoms with Crippen LogP contribution >= 0.6 is 23.2 Å². The molecule has 0 aliphatic carbocycles. The van der Waals surface area contributed by atoms with Gasteiger partial charge in [0.25, 0.3) is 5.91 Å². The third-order valence-electron chi connectivity index (χ3n) is 3.39. The molecule has 0 saturated heterocycles. The van der Waals surface area contributed by atoms with Crippen LogP contribution in [0.4, 0.5) is 5.69 Å². The van der Waals surface area contributed by atoms with Gasteiger partial charge in [0.2, 0.25) is 5.91 Å². The minimum atomic E-state index is -0.399. The molecule has 5 nitrogen and oxygen atoms in total. The minimum absolute atomic E-state index is 0.183. The lowest BCUT2D eigenvalue weighted by Gasteiger charge is -2.08. The zero-order chi connectivity index (χ0) is 17.1. The highest BCUT2D eigenvalue weighted by molar-refractivity contribution is 6.35. The van der Waals surface area contributed by atoms with Gasteiger partial charge in [0.15, 0.2) is 0 Å². The molecule has 0 radical (unpaired) electrons. The highest BCUT2D eigenvalue weighted by Crippen LogP contribution is 2.25. The van der Waals surface area contributed by atoms with Crippen LogP contribution in [0.25, 0.3) is 10.9 Å². The Labute approximate surface area is 148 Å². The topological polar surface area (TPSA) is 74.0 Å². The lowest BCUT2D eigenvalue weighted by molar-refractivity contribution is -0.115. The summed E-state index contributed by atoms with van der Waals surface area (Å²) in [6.45, 7) is -0.183. The molecule has 24 heavy (non-hydrogen) atoms. The van der Waals surface area contributed by atoms with Crippen molar-refractivity contribution in [3.8, 4) is 0 Å². The molecule has 0 fully saturated rings. The zero-order valence-corrected chi connectivity index (χ0v) is 13.9. The fraction of sp³-hybridized carbons (Fsp3) is 0.0588. The Morgan fingerprint density at radius 2 is 1.83 bits per heavy atom. The monoisotopic (exact) mass is 361 g/mol. The van der Waals surface area contributed by atoms with E-state index in [0.29, 0.717) is 21.4 Å². The van der Waals surface area contributed by atoms with Gasteiger partial charge in [0, 0.05) is 15.9 Å². The number of anilines is 1. The maximum atomic E-state index is 12.1. The molecule has 0 saturated carbocycles. The summed E-state index contributed by atoms with van der Waals surface area (Å²) in [5.74, 6) is -0.762. The van der Waals surface area contributed by atoms with Gasteiger partial charge in [-0.25, -0.2) is 0 Å². The first kappa shape index (κ1) is 16.4. The average molecular weight is 362 g/mol. The van der Waals surface area contributed by atoms with Crippen molar-refractivity contribution in [3.63, 3.8) is 0 Å². The molecule has 3 aromatic rings. The van der Waals surface area contributed by atoms with E-state index in [4.69, 9.17) is 23.2 Å². The number of fused-ring (bicyclic) bond motifs is 1. The van der Waals surface area contributed by atoms with Crippen LogP contribution in [0.2, 0.25) is 10.0 Å². The van der Waals surface area contributed by atoms with E-state index in [1.54, 1.807) is 24.3 Å². The fourth-order valence-corrected chi connectivity index (χ4v) is 2.58. The van der Waals surface area contributed by atoms with Crippen LogP contribution in [0.1, 0.15) is 10.5 Å².